The minimum absolute atomic E-state index is 0.0764. The summed E-state index contributed by atoms with van der Waals surface area (Å²) in [6, 6.07) is 8.15. The SMILES string of the molecule is C[N+](C)(c1ccccc1C(=O)Nc1ccc(F)cc1F)S(=O)(=O)[O-]. The average Bonchev–Trinajstić information content (AvgIpc) is 2.49. The van der Waals surface area contributed by atoms with Crippen LogP contribution in [0.1, 0.15) is 10.4 Å². The molecule has 0 bridgehead atoms. The highest BCUT2D eigenvalue weighted by Crippen LogP contribution is 2.28. The Hall–Kier alpha value is -2.36. The number of carbonyl (C=O) groups is 1. The fourth-order valence-corrected chi connectivity index (χ4v) is 2.44. The van der Waals surface area contributed by atoms with Gasteiger partial charge in [-0.3, -0.25) is 4.79 Å². The number of amides is 1. The number of nitrogens with zero attached hydrogens (tertiary/aromatic N) is 1. The smallest absolute Gasteiger partial charge is 0.261 e. The molecule has 2 rings (SSSR count). The first-order valence-electron chi connectivity index (χ1n) is 6.70. The molecule has 0 aromatic heterocycles. The number of hydrogen-bond donors (Lipinski definition) is 1. The molecule has 0 aliphatic rings. The van der Waals surface area contributed by atoms with Crippen molar-refractivity contribution in [2.45, 2.75) is 0 Å². The molecule has 1 N–H and O–H groups in total. The summed E-state index contributed by atoms with van der Waals surface area (Å²) in [4.78, 5) is 12.4. The van der Waals surface area contributed by atoms with Crippen LogP contribution in [0.2, 0.25) is 0 Å². The average molecular weight is 356 g/mol. The van der Waals surface area contributed by atoms with Gasteiger partial charge in [0.2, 0.25) is 0 Å². The highest BCUT2D eigenvalue weighted by Gasteiger charge is 2.32. The molecule has 0 unspecified atom stereocenters. The normalized spacial score (nSPS) is 12.0. The molecular formula is C15H14F2N2O4S. The zero-order valence-electron chi connectivity index (χ0n) is 12.8. The standard InChI is InChI=1S/C15H14F2N2O4S/c1-19(2,24(21,22)23)14-6-4-3-5-11(14)15(20)18-13-8-7-10(16)9-12(13)17/h3-9H,1-2H3,(H-,18,20,21,22,23). The van der Waals surface area contributed by atoms with Crippen molar-refractivity contribution in [1.82, 2.24) is 3.89 Å². The molecule has 24 heavy (non-hydrogen) atoms. The predicted molar refractivity (Wildman–Crippen MR) is 84.1 cm³/mol. The summed E-state index contributed by atoms with van der Waals surface area (Å²) in [5.74, 6) is -2.61. The van der Waals surface area contributed by atoms with E-state index in [-0.39, 0.29) is 16.9 Å². The van der Waals surface area contributed by atoms with Gasteiger partial charge in [0.25, 0.3) is 16.2 Å². The second-order valence-corrected chi connectivity index (χ2v) is 7.14. The van der Waals surface area contributed by atoms with Crippen molar-refractivity contribution in [3.8, 4) is 0 Å². The maximum Gasteiger partial charge on any atom is 0.261 e. The molecule has 0 heterocycles. The van der Waals surface area contributed by atoms with E-state index in [1.807, 2.05) is 0 Å². The number of halogens is 2. The Labute approximate surface area is 137 Å². The van der Waals surface area contributed by atoms with Gasteiger partial charge >= 0.3 is 0 Å². The predicted octanol–water partition coefficient (Wildman–Crippen LogP) is 2.24. The van der Waals surface area contributed by atoms with E-state index < -0.39 is 31.7 Å². The Morgan fingerprint density at radius 3 is 2.33 bits per heavy atom. The van der Waals surface area contributed by atoms with E-state index in [2.05, 4.69) is 5.32 Å². The van der Waals surface area contributed by atoms with Gasteiger partial charge in [-0.25, -0.2) is 12.7 Å². The largest absolute Gasteiger partial charge is 0.701 e. The maximum atomic E-state index is 13.6. The number of benzene rings is 2. The van der Waals surface area contributed by atoms with Crippen LogP contribution in [0.25, 0.3) is 0 Å². The number of quaternary nitrogens is 1. The molecule has 128 valence electrons. The molecule has 0 fully saturated rings. The quantitative estimate of drug-likeness (QED) is 0.672. The van der Waals surface area contributed by atoms with Crippen LogP contribution < -0.4 is 9.21 Å². The zero-order chi connectivity index (χ0) is 18.1. The van der Waals surface area contributed by atoms with Crippen LogP contribution in [0.15, 0.2) is 42.5 Å². The van der Waals surface area contributed by atoms with Crippen LogP contribution in [0, 0.1) is 11.6 Å². The van der Waals surface area contributed by atoms with Gasteiger partial charge in [-0.1, -0.05) is 12.1 Å². The van der Waals surface area contributed by atoms with Crippen molar-refractivity contribution in [2.75, 3.05) is 19.4 Å². The lowest BCUT2D eigenvalue weighted by Crippen LogP contribution is -2.47. The lowest BCUT2D eigenvalue weighted by molar-refractivity contribution is 0.102. The van der Waals surface area contributed by atoms with Crippen molar-refractivity contribution >= 4 is 27.6 Å². The van der Waals surface area contributed by atoms with Gasteiger partial charge in [-0.15, -0.1) is 0 Å². The first kappa shape index (κ1) is 18.0. The lowest BCUT2D eigenvalue weighted by atomic mass is 10.1. The molecular weight excluding hydrogens is 342 g/mol. The molecule has 0 aliphatic carbocycles. The Kier molecular flexibility index (Phi) is 4.70. The Morgan fingerprint density at radius 2 is 1.75 bits per heavy atom. The molecule has 0 atom stereocenters. The summed E-state index contributed by atoms with van der Waals surface area (Å²) in [5, 5.41) is 2.23. The van der Waals surface area contributed by atoms with Gasteiger partial charge in [0.1, 0.15) is 17.2 Å². The van der Waals surface area contributed by atoms with Gasteiger partial charge in [0, 0.05) is 12.1 Å². The van der Waals surface area contributed by atoms with Gasteiger partial charge in [-0.2, -0.15) is 8.42 Å². The van der Waals surface area contributed by atoms with E-state index >= 15 is 0 Å². The fraction of sp³-hybridized carbons (Fsp3) is 0.133. The molecule has 0 saturated heterocycles. The highest BCUT2D eigenvalue weighted by molar-refractivity contribution is 7.85. The number of carbonyl (C=O) groups excluding carboxylic acids is 1. The van der Waals surface area contributed by atoms with E-state index in [0.29, 0.717) is 6.07 Å². The van der Waals surface area contributed by atoms with E-state index in [1.54, 1.807) is 0 Å². The number of rotatable bonds is 4. The molecule has 0 radical (unpaired) electrons. The van der Waals surface area contributed by atoms with Crippen LogP contribution in [-0.4, -0.2) is 33.0 Å². The second kappa shape index (κ2) is 6.27. The molecule has 2 aromatic rings. The third-order valence-corrected chi connectivity index (χ3v) is 4.78. The van der Waals surface area contributed by atoms with Gasteiger partial charge in [0.05, 0.1) is 19.8 Å². The monoisotopic (exact) mass is 356 g/mol. The summed E-state index contributed by atoms with van der Waals surface area (Å²) in [5.41, 5.74) is -0.468. The van der Waals surface area contributed by atoms with Crippen LogP contribution >= 0.6 is 0 Å². The molecule has 0 aliphatic heterocycles. The summed E-state index contributed by atoms with van der Waals surface area (Å²) >= 11 is 0. The third kappa shape index (κ3) is 3.42. The number of hydrogen-bond acceptors (Lipinski definition) is 4. The van der Waals surface area contributed by atoms with E-state index in [0.717, 1.165) is 26.2 Å². The maximum absolute atomic E-state index is 13.6. The molecule has 0 spiro atoms. The van der Waals surface area contributed by atoms with Crippen LogP contribution in [-0.2, 0) is 10.3 Å². The van der Waals surface area contributed by atoms with E-state index in [9.17, 15) is 26.5 Å². The minimum Gasteiger partial charge on any atom is -0.701 e. The van der Waals surface area contributed by atoms with Crippen molar-refractivity contribution in [1.29, 1.82) is 0 Å². The molecule has 0 saturated carbocycles. The number of anilines is 1. The van der Waals surface area contributed by atoms with Crippen LogP contribution in [0.3, 0.4) is 0 Å². The van der Waals surface area contributed by atoms with Crippen molar-refractivity contribution in [3.05, 3.63) is 59.7 Å². The molecule has 1 amide bonds. The van der Waals surface area contributed by atoms with Crippen LogP contribution in [0.5, 0.6) is 0 Å². The van der Waals surface area contributed by atoms with Gasteiger partial charge < -0.3 is 9.87 Å². The van der Waals surface area contributed by atoms with Gasteiger partial charge in [0.15, 0.2) is 5.69 Å². The fourth-order valence-electron chi connectivity index (χ4n) is 2.04. The lowest BCUT2D eigenvalue weighted by Gasteiger charge is -2.31. The Balaban J connectivity index is 2.45. The number of para-hydroxylation sites is 1. The summed E-state index contributed by atoms with van der Waals surface area (Å²) < 4.78 is 59.8. The Morgan fingerprint density at radius 1 is 1.12 bits per heavy atom. The van der Waals surface area contributed by atoms with E-state index in [4.69, 9.17) is 0 Å². The van der Waals surface area contributed by atoms with Crippen LogP contribution in [0.4, 0.5) is 20.2 Å². The molecule has 2 aromatic carbocycles. The molecule has 9 heteroatoms. The van der Waals surface area contributed by atoms with Gasteiger partial charge in [-0.05, 0) is 18.2 Å². The summed E-state index contributed by atoms with van der Waals surface area (Å²) in [6.07, 6.45) is 0. The zero-order valence-corrected chi connectivity index (χ0v) is 13.6. The third-order valence-electron chi connectivity index (χ3n) is 3.47. The van der Waals surface area contributed by atoms with Crippen molar-refractivity contribution in [2.24, 2.45) is 0 Å². The molecule has 6 nitrogen and oxygen atoms in total. The minimum atomic E-state index is -4.81. The summed E-state index contributed by atoms with van der Waals surface area (Å²) in [6.45, 7) is 0. The topological polar surface area (TPSA) is 86.3 Å². The van der Waals surface area contributed by atoms with E-state index in [1.165, 1.54) is 24.3 Å². The Bertz CT molecular complexity index is 898. The first-order valence-corrected chi connectivity index (χ1v) is 8.06. The first-order chi connectivity index (χ1) is 11.0. The van der Waals surface area contributed by atoms with Crippen molar-refractivity contribution < 1.29 is 26.5 Å². The second-order valence-electron chi connectivity index (χ2n) is 5.37. The van der Waals surface area contributed by atoms with Crippen molar-refractivity contribution in [3.63, 3.8) is 0 Å². The summed E-state index contributed by atoms with van der Waals surface area (Å²) in [7, 11) is -2.58. The number of nitrogens with one attached hydrogen (secondary N) is 1. The highest BCUT2D eigenvalue weighted by atomic mass is 32.2.